The van der Waals surface area contributed by atoms with Crippen LogP contribution in [0, 0.1) is 5.92 Å². The topological polar surface area (TPSA) is 55.1 Å². The molecule has 0 aliphatic rings. The Kier molecular flexibility index (Phi) is 5.55. The van der Waals surface area contributed by atoms with Gasteiger partial charge >= 0.3 is 0 Å². The fourth-order valence-electron chi connectivity index (χ4n) is 2.00. The van der Waals surface area contributed by atoms with Crippen molar-refractivity contribution >= 4 is 11.6 Å². The summed E-state index contributed by atoms with van der Waals surface area (Å²) in [6.07, 6.45) is 1.81. The lowest BCUT2D eigenvalue weighted by Gasteiger charge is -2.19. The third-order valence-electron chi connectivity index (χ3n) is 3.31. The van der Waals surface area contributed by atoms with Gasteiger partial charge in [0.05, 0.1) is 5.92 Å². The van der Waals surface area contributed by atoms with Gasteiger partial charge in [-0.05, 0) is 29.5 Å². The third-order valence-corrected chi connectivity index (χ3v) is 3.31. The van der Waals surface area contributed by atoms with E-state index in [1.807, 2.05) is 12.1 Å². The Hall–Kier alpha value is -1.35. The van der Waals surface area contributed by atoms with E-state index in [1.54, 1.807) is 0 Å². The van der Waals surface area contributed by atoms with Crippen LogP contribution in [0.5, 0.6) is 0 Å². The molecule has 0 bridgehead atoms. The number of hydrogen-bond acceptors (Lipinski definition) is 2. The van der Waals surface area contributed by atoms with Crippen LogP contribution in [0.4, 0.5) is 5.69 Å². The molecule has 19 heavy (non-hydrogen) atoms. The first-order valence-electron chi connectivity index (χ1n) is 7.00. The van der Waals surface area contributed by atoms with Gasteiger partial charge in [-0.3, -0.25) is 4.79 Å². The average Bonchev–Trinajstić information content (AvgIpc) is 2.35. The van der Waals surface area contributed by atoms with Gasteiger partial charge in [0.15, 0.2) is 0 Å². The Balaban J connectivity index is 2.70. The SMILES string of the molecule is CCCC(CN)C(=O)Nc1ccc(C(C)(C)C)cc1. The molecule has 0 aliphatic heterocycles. The van der Waals surface area contributed by atoms with Crippen LogP contribution in [-0.2, 0) is 10.2 Å². The summed E-state index contributed by atoms with van der Waals surface area (Å²) in [7, 11) is 0. The summed E-state index contributed by atoms with van der Waals surface area (Å²) >= 11 is 0. The summed E-state index contributed by atoms with van der Waals surface area (Å²) in [6, 6.07) is 8.04. The van der Waals surface area contributed by atoms with Gasteiger partial charge in [-0.1, -0.05) is 46.2 Å². The van der Waals surface area contributed by atoms with E-state index in [2.05, 4.69) is 45.1 Å². The minimum Gasteiger partial charge on any atom is -0.330 e. The fourth-order valence-corrected chi connectivity index (χ4v) is 2.00. The average molecular weight is 262 g/mol. The van der Waals surface area contributed by atoms with Crippen molar-refractivity contribution in [1.82, 2.24) is 0 Å². The number of rotatable bonds is 5. The zero-order valence-corrected chi connectivity index (χ0v) is 12.5. The monoisotopic (exact) mass is 262 g/mol. The Morgan fingerprint density at radius 3 is 2.26 bits per heavy atom. The second-order valence-electron chi connectivity index (χ2n) is 6.04. The first kappa shape index (κ1) is 15.7. The van der Waals surface area contributed by atoms with Crippen molar-refractivity contribution in [2.75, 3.05) is 11.9 Å². The molecule has 0 heterocycles. The van der Waals surface area contributed by atoms with Gasteiger partial charge < -0.3 is 11.1 Å². The van der Waals surface area contributed by atoms with E-state index >= 15 is 0 Å². The molecule has 0 saturated carbocycles. The van der Waals surface area contributed by atoms with Crippen LogP contribution in [0.15, 0.2) is 24.3 Å². The van der Waals surface area contributed by atoms with Gasteiger partial charge in [-0.2, -0.15) is 0 Å². The van der Waals surface area contributed by atoms with Crippen molar-refractivity contribution < 1.29 is 4.79 Å². The number of anilines is 1. The third kappa shape index (κ3) is 4.67. The maximum atomic E-state index is 12.0. The predicted molar refractivity (Wildman–Crippen MR) is 81.2 cm³/mol. The van der Waals surface area contributed by atoms with Gasteiger partial charge in [0.1, 0.15) is 0 Å². The molecule has 3 nitrogen and oxygen atoms in total. The summed E-state index contributed by atoms with van der Waals surface area (Å²) < 4.78 is 0. The van der Waals surface area contributed by atoms with Crippen LogP contribution in [0.1, 0.15) is 46.1 Å². The molecule has 1 unspecified atom stereocenters. The van der Waals surface area contributed by atoms with Gasteiger partial charge in [0.25, 0.3) is 0 Å². The first-order chi connectivity index (χ1) is 8.88. The highest BCUT2D eigenvalue weighted by atomic mass is 16.1. The molecule has 0 aliphatic carbocycles. The summed E-state index contributed by atoms with van der Waals surface area (Å²) in [5.74, 6) is -0.0693. The minimum atomic E-state index is -0.0905. The zero-order valence-electron chi connectivity index (χ0n) is 12.5. The Morgan fingerprint density at radius 2 is 1.84 bits per heavy atom. The molecule has 106 valence electrons. The summed E-state index contributed by atoms with van der Waals surface area (Å²) in [5.41, 5.74) is 7.86. The standard InChI is InChI=1S/C16H26N2O/c1-5-6-12(11-17)15(19)18-14-9-7-13(8-10-14)16(2,3)4/h7-10,12H,5-6,11,17H2,1-4H3,(H,18,19). The number of hydrogen-bond donors (Lipinski definition) is 2. The quantitative estimate of drug-likeness (QED) is 0.855. The van der Waals surface area contributed by atoms with Crippen LogP contribution in [-0.4, -0.2) is 12.5 Å². The van der Waals surface area contributed by atoms with Crippen molar-refractivity contribution in [3.63, 3.8) is 0 Å². The maximum Gasteiger partial charge on any atom is 0.228 e. The highest BCUT2D eigenvalue weighted by Gasteiger charge is 2.16. The lowest BCUT2D eigenvalue weighted by molar-refractivity contribution is -0.119. The normalized spacial score (nSPS) is 13.1. The van der Waals surface area contributed by atoms with Crippen LogP contribution in [0.2, 0.25) is 0 Å². The predicted octanol–water partition coefficient (Wildman–Crippen LogP) is 3.30. The maximum absolute atomic E-state index is 12.0. The van der Waals surface area contributed by atoms with E-state index in [1.165, 1.54) is 5.56 Å². The fraction of sp³-hybridized carbons (Fsp3) is 0.562. The van der Waals surface area contributed by atoms with Gasteiger partial charge in [0, 0.05) is 12.2 Å². The van der Waals surface area contributed by atoms with Crippen molar-refractivity contribution in [2.24, 2.45) is 11.7 Å². The Labute approximate surface area is 116 Å². The van der Waals surface area contributed by atoms with E-state index < -0.39 is 0 Å². The lowest BCUT2D eigenvalue weighted by atomic mass is 9.87. The molecule has 0 saturated heterocycles. The summed E-state index contributed by atoms with van der Waals surface area (Å²) in [4.78, 5) is 12.0. The largest absolute Gasteiger partial charge is 0.330 e. The van der Waals surface area contributed by atoms with Crippen molar-refractivity contribution in [3.8, 4) is 0 Å². The second kappa shape index (κ2) is 6.71. The van der Waals surface area contributed by atoms with Gasteiger partial charge in [0.2, 0.25) is 5.91 Å². The molecule has 1 amide bonds. The molecule has 0 aromatic heterocycles. The molecule has 1 rings (SSSR count). The lowest BCUT2D eigenvalue weighted by Crippen LogP contribution is -2.29. The van der Waals surface area contributed by atoms with Crippen LogP contribution in [0.3, 0.4) is 0 Å². The molecule has 3 N–H and O–H groups in total. The van der Waals surface area contributed by atoms with Crippen LogP contribution in [0.25, 0.3) is 0 Å². The van der Waals surface area contributed by atoms with Crippen LogP contribution < -0.4 is 11.1 Å². The number of amides is 1. The van der Waals surface area contributed by atoms with Crippen molar-refractivity contribution in [3.05, 3.63) is 29.8 Å². The number of nitrogens with one attached hydrogen (secondary N) is 1. The Morgan fingerprint density at radius 1 is 1.26 bits per heavy atom. The molecule has 1 atom stereocenters. The smallest absolute Gasteiger partial charge is 0.228 e. The minimum absolute atomic E-state index is 0.0212. The molecule has 3 heteroatoms. The number of carbonyl (C=O) groups excluding carboxylic acids is 1. The summed E-state index contributed by atoms with van der Waals surface area (Å²) in [6.45, 7) is 8.98. The molecule has 0 spiro atoms. The van der Waals surface area contributed by atoms with Crippen molar-refractivity contribution in [1.29, 1.82) is 0 Å². The number of benzene rings is 1. The zero-order chi connectivity index (χ0) is 14.5. The Bertz CT molecular complexity index is 404. The van der Waals surface area contributed by atoms with E-state index in [4.69, 9.17) is 5.73 Å². The summed E-state index contributed by atoms with van der Waals surface area (Å²) in [5, 5.41) is 2.94. The molecule has 1 aromatic carbocycles. The molecular formula is C16H26N2O. The van der Waals surface area contributed by atoms with Crippen LogP contribution >= 0.6 is 0 Å². The van der Waals surface area contributed by atoms with E-state index in [0.29, 0.717) is 6.54 Å². The van der Waals surface area contributed by atoms with Gasteiger partial charge in [-0.15, -0.1) is 0 Å². The van der Waals surface area contributed by atoms with E-state index in [-0.39, 0.29) is 17.2 Å². The highest BCUT2D eigenvalue weighted by Crippen LogP contribution is 2.23. The van der Waals surface area contributed by atoms with Gasteiger partial charge in [-0.25, -0.2) is 0 Å². The number of nitrogens with two attached hydrogens (primary N) is 1. The molecule has 0 fully saturated rings. The second-order valence-corrected chi connectivity index (χ2v) is 6.04. The highest BCUT2D eigenvalue weighted by molar-refractivity contribution is 5.92. The molecule has 1 aromatic rings. The van der Waals surface area contributed by atoms with E-state index in [9.17, 15) is 4.79 Å². The molecule has 0 radical (unpaired) electrons. The first-order valence-corrected chi connectivity index (χ1v) is 7.00. The number of carbonyl (C=O) groups is 1. The van der Waals surface area contributed by atoms with Crippen molar-refractivity contribution in [2.45, 2.75) is 46.0 Å². The molecular weight excluding hydrogens is 236 g/mol. The van der Waals surface area contributed by atoms with E-state index in [0.717, 1.165) is 18.5 Å².